The number of nitrogens with one attached hydrogen (secondary N) is 3. The molecule has 1 saturated carbocycles. The van der Waals surface area contributed by atoms with Crippen LogP contribution < -0.4 is 21.5 Å². The molecule has 1 unspecified atom stereocenters. The Kier molecular flexibility index (Phi) is 4.19. The predicted molar refractivity (Wildman–Crippen MR) is 120 cm³/mol. The summed E-state index contributed by atoms with van der Waals surface area (Å²) in [5.74, 6) is -1.74. The fraction of sp³-hybridized carbons (Fsp3) is 0.364. The van der Waals surface area contributed by atoms with E-state index in [1.165, 1.54) is 0 Å². The number of fused-ring (bicyclic) bond motifs is 1. The maximum atomic E-state index is 13.4. The second-order valence-electron chi connectivity index (χ2n) is 7.88. The van der Waals surface area contributed by atoms with Crippen molar-refractivity contribution in [1.82, 2.24) is 19.4 Å². The lowest BCUT2D eigenvalue weighted by Gasteiger charge is -2.18. The molecule has 3 heterocycles. The molecule has 9 nitrogen and oxygen atoms in total. The van der Waals surface area contributed by atoms with Gasteiger partial charge in [-0.05, 0) is 25.8 Å². The quantitative estimate of drug-likeness (QED) is 0.499. The Morgan fingerprint density at radius 1 is 1.29 bits per heavy atom. The number of amides is 2. The van der Waals surface area contributed by atoms with Crippen LogP contribution in [0.4, 0.5) is 30.4 Å². The molecule has 4 rings (SSSR count). The van der Waals surface area contributed by atoms with Crippen LogP contribution in [0.1, 0.15) is 44.4 Å². The first kappa shape index (κ1) is 16.7. The molecule has 180 valence electrons. The molecule has 1 fully saturated rings. The monoisotopic (exact) mass is 482 g/mol. The zero-order valence-corrected chi connectivity index (χ0v) is 17.7. The number of hydrogen-bond donors (Lipinski definition) is 3. The van der Waals surface area contributed by atoms with Gasteiger partial charge in [0.25, 0.3) is 11.5 Å². The van der Waals surface area contributed by atoms with Crippen LogP contribution in [0.2, 0.25) is 0 Å². The molecule has 0 aliphatic heterocycles. The minimum atomic E-state index is -4.79. The van der Waals surface area contributed by atoms with E-state index in [1.54, 1.807) is 5.32 Å². The van der Waals surface area contributed by atoms with Crippen molar-refractivity contribution >= 4 is 39.9 Å². The van der Waals surface area contributed by atoms with E-state index in [-0.39, 0.29) is 40.1 Å². The van der Waals surface area contributed by atoms with Crippen LogP contribution >= 0.6 is 0 Å². The average Bonchev–Trinajstić information content (AvgIpc) is 3.59. The third-order valence-corrected chi connectivity index (χ3v) is 5.51. The van der Waals surface area contributed by atoms with Gasteiger partial charge in [0.05, 0.1) is 27.8 Å². The molecule has 1 aliphatic rings. The van der Waals surface area contributed by atoms with E-state index in [1.807, 2.05) is 0 Å². The van der Waals surface area contributed by atoms with Gasteiger partial charge in [-0.3, -0.25) is 14.4 Å². The van der Waals surface area contributed by atoms with E-state index < -0.39 is 43.0 Å². The lowest BCUT2D eigenvalue weighted by molar-refractivity contribution is -0.163. The number of hydrogen-bond acceptors (Lipinski definition) is 5. The Balaban J connectivity index is 1.88. The lowest BCUT2D eigenvalue weighted by atomic mass is 10.2. The fourth-order valence-electron chi connectivity index (χ4n) is 3.41. The first-order valence-corrected chi connectivity index (χ1v) is 10.1. The highest BCUT2D eigenvalue weighted by molar-refractivity contribution is 6.03. The summed E-state index contributed by atoms with van der Waals surface area (Å²) in [5, 5.41) is 6.57. The first-order valence-electron chi connectivity index (χ1n) is 13.1. The zero-order chi connectivity index (χ0) is 29.8. The van der Waals surface area contributed by atoms with Crippen molar-refractivity contribution in [1.29, 1.82) is 0 Å². The number of carbonyl (C=O) groups is 2. The normalized spacial score (nSPS) is 18.0. The number of anilines is 3. The van der Waals surface area contributed by atoms with Gasteiger partial charge in [0.15, 0.2) is 0 Å². The van der Waals surface area contributed by atoms with E-state index in [0.29, 0.717) is 22.0 Å². The van der Waals surface area contributed by atoms with Crippen molar-refractivity contribution in [2.24, 2.45) is 12.9 Å². The summed E-state index contributed by atoms with van der Waals surface area (Å²) in [6.07, 6.45) is -0.685. The van der Waals surface area contributed by atoms with Crippen LogP contribution in [-0.2, 0) is 11.8 Å². The highest BCUT2D eigenvalue weighted by atomic mass is 19.4. The molecule has 1 atom stereocenters. The van der Waals surface area contributed by atoms with Crippen molar-refractivity contribution in [2.45, 2.75) is 32.0 Å². The minimum absolute atomic E-state index is 0.0486. The maximum Gasteiger partial charge on any atom is 0.408 e. The van der Waals surface area contributed by atoms with Crippen LogP contribution in [0.15, 0.2) is 35.5 Å². The first-order chi connectivity index (χ1) is 18.4. The summed E-state index contributed by atoms with van der Waals surface area (Å²) in [6, 6.07) is -0.0428. The van der Waals surface area contributed by atoms with Gasteiger partial charge in [-0.1, -0.05) is 0 Å². The summed E-state index contributed by atoms with van der Waals surface area (Å²) in [7, 11) is 0. The minimum Gasteiger partial charge on any atom is -0.355 e. The maximum absolute atomic E-state index is 13.4. The Morgan fingerprint density at radius 2 is 2.06 bits per heavy atom. The van der Waals surface area contributed by atoms with Crippen LogP contribution in [0.3, 0.4) is 0 Å². The fourth-order valence-corrected chi connectivity index (χ4v) is 3.41. The lowest BCUT2D eigenvalue weighted by Crippen LogP contribution is -2.32. The molecular weight excluding hydrogens is 453 g/mol. The van der Waals surface area contributed by atoms with Crippen molar-refractivity contribution in [3.8, 4) is 0 Å². The Hall–Kier alpha value is -3.83. The summed E-state index contributed by atoms with van der Waals surface area (Å²) < 4.78 is 86.8. The second kappa shape index (κ2) is 8.50. The van der Waals surface area contributed by atoms with Crippen LogP contribution in [0.25, 0.3) is 10.9 Å². The third-order valence-electron chi connectivity index (χ3n) is 5.51. The van der Waals surface area contributed by atoms with Gasteiger partial charge in [0, 0.05) is 52.8 Å². The largest absolute Gasteiger partial charge is 0.408 e. The molecule has 0 bridgehead atoms. The van der Waals surface area contributed by atoms with E-state index in [2.05, 4.69) is 15.6 Å². The van der Waals surface area contributed by atoms with Gasteiger partial charge in [-0.15, -0.1) is 0 Å². The number of halogens is 3. The third kappa shape index (κ3) is 4.35. The summed E-state index contributed by atoms with van der Waals surface area (Å²) in [5.41, 5.74) is -2.24. The van der Waals surface area contributed by atoms with Gasteiger partial charge in [0.1, 0.15) is 11.9 Å². The van der Waals surface area contributed by atoms with Gasteiger partial charge in [-0.25, -0.2) is 4.98 Å². The molecule has 12 heteroatoms. The molecule has 0 spiro atoms. The van der Waals surface area contributed by atoms with Crippen molar-refractivity contribution in [3.63, 3.8) is 0 Å². The number of nitrogens with zero attached hydrogens (tertiary/aromatic N) is 3. The van der Waals surface area contributed by atoms with Crippen LogP contribution in [0, 0.1) is 5.92 Å². The molecule has 2 amide bonds. The molecule has 0 aromatic carbocycles. The average molecular weight is 482 g/mol. The molecule has 3 aromatic heterocycles. The topological polar surface area (TPSA) is 110 Å². The summed E-state index contributed by atoms with van der Waals surface area (Å²) >= 11 is 0. The molecule has 0 saturated heterocycles. The van der Waals surface area contributed by atoms with E-state index in [0.717, 1.165) is 37.6 Å². The molecule has 0 radical (unpaired) electrons. The highest BCUT2D eigenvalue weighted by Gasteiger charge is 2.38. The smallest absolute Gasteiger partial charge is 0.355 e. The van der Waals surface area contributed by atoms with E-state index in [4.69, 9.17) is 8.22 Å². The standard InChI is InChI=1S/C22H23F3N6O3/c1-11(22(23,24)25)31-7-6-16-18(21(31)34)15(10-30(16)3)28-14-8-17(29-19(32)12-4-5-12)27-9-13(14)20(33)26-2/h6-12H,4-5H2,1-3H3,(H,26,33)(H2,27,28,29,32)/i2D3,3D3. The number of carbonyl (C=O) groups excluding carboxylic acids is 2. The molecular formula is C22H23F3N6O3. The number of aromatic nitrogens is 3. The molecule has 34 heavy (non-hydrogen) atoms. The zero-order valence-electron chi connectivity index (χ0n) is 23.7. The second-order valence-corrected chi connectivity index (χ2v) is 7.88. The van der Waals surface area contributed by atoms with Gasteiger partial charge in [-0.2, -0.15) is 13.2 Å². The van der Waals surface area contributed by atoms with Crippen LogP contribution in [0.5, 0.6) is 0 Å². The molecule has 1 aliphatic carbocycles. The Morgan fingerprint density at radius 3 is 2.71 bits per heavy atom. The summed E-state index contributed by atoms with van der Waals surface area (Å²) in [4.78, 5) is 42.2. The van der Waals surface area contributed by atoms with Gasteiger partial charge in [0.2, 0.25) is 5.91 Å². The SMILES string of the molecule is [2H]C([2H])([2H])NC(=O)c1cnc(NC(=O)C2CC2)cc1Nc1cn(C([2H])([2H])[2H])c2ccn(C(C)C(F)(F)F)c(=O)c12. The van der Waals surface area contributed by atoms with Gasteiger partial charge < -0.3 is 25.1 Å². The van der Waals surface area contributed by atoms with Crippen molar-refractivity contribution in [3.05, 3.63) is 46.6 Å². The van der Waals surface area contributed by atoms with E-state index in [9.17, 15) is 27.6 Å². The number of pyridine rings is 2. The number of alkyl halides is 3. The van der Waals surface area contributed by atoms with Crippen molar-refractivity contribution < 1.29 is 31.0 Å². The van der Waals surface area contributed by atoms with Gasteiger partial charge >= 0.3 is 6.18 Å². The number of aryl methyl sites for hydroxylation is 1. The molecule has 3 N–H and O–H groups in total. The van der Waals surface area contributed by atoms with Crippen molar-refractivity contribution in [2.75, 3.05) is 17.6 Å². The Labute approximate surface area is 200 Å². The predicted octanol–water partition coefficient (Wildman–Crippen LogP) is 3.31. The highest BCUT2D eigenvalue weighted by Crippen LogP contribution is 2.33. The number of rotatable bonds is 6. The Bertz CT molecular complexity index is 1540. The summed E-state index contributed by atoms with van der Waals surface area (Å²) in [6.45, 7) is -4.99. The molecule has 3 aromatic rings. The van der Waals surface area contributed by atoms with E-state index >= 15 is 0 Å². The van der Waals surface area contributed by atoms with Crippen LogP contribution in [-0.4, -0.2) is 39.1 Å².